The van der Waals surface area contributed by atoms with Crippen LogP contribution in [0.15, 0.2) is 28.9 Å². The fourth-order valence-corrected chi connectivity index (χ4v) is 6.25. The van der Waals surface area contributed by atoms with Crippen molar-refractivity contribution < 1.29 is 18.7 Å². The Morgan fingerprint density at radius 2 is 2.00 bits per heavy atom. The summed E-state index contributed by atoms with van der Waals surface area (Å²) in [6.07, 6.45) is 11.4. The first-order valence-electron chi connectivity index (χ1n) is 14.9. The quantitative estimate of drug-likeness (QED) is 0.283. The summed E-state index contributed by atoms with van der Waals surface area (Å²) in [7, 11) is 3.53. The van der Waals surface area contributed by atoms with Gasteiger partial charge in [-0.25, -0.2) is 4.98 Å². The maximum Gasteiger partial charge on any atom is 0.224 e. The third-order valence-electron chi connectivity index (χ3n) is 8.99. The van der Waals surface area contributed by atoms with Crippen LogP contribution in [-0.2, 0) is 16.6 Å². The fraction of sp³-hybridized carbons (Fsp3) is 0.613. The van der Waals surface area contributed by atoms with Crippen LogP contribution < -0.4 is 10.1 Å². The molecule has 1 aliphatic heterocycles. The molecule has 2 aromatic heterocycles. The zero-order valence-corrected chi connectivity index (χ0v) is 24.4. The molecule has 5 rings (SSSR count). The van der Waals surface area contributed by atoms with E-state index in [0.717, 1.165) is 74.6 Å². The first-order chi connectivity index (χ1) is 19.4. The number of fused-ring (bicyclic) bond motifs is 1. The zero-order valence-electron chi connectivity index (χ0n) is 24.4. The molecule has 40 heavy (non-hydrogen) atoms. The predicted molar refractivity (Wildman–Crippen MR) is 154 cm³/mol. The van der Waals surface area contributed by atoms with Crippen LogP contribution in [0.1, 0.15) is 83.6 Å². The van der Waals surface area contributed by atoms with E-state index >= 15 is 0 Å². The molecule has 1 N–H and O–H groups in total. The van der Waals surface area contributed by atoms with Gasteiger partial charge in [0.25, 0.3) is 0 Å². The smallest absolute Gasteiger partial charge is 0.224 e. The lowest BCUT2D eigenvalue weighted by Gasteiger charge is -2.32. The van der Waals surface area contributed by atoms with Crippen molar-refractivity contribution in [2.75, 3.05) is 26.7 Å². The van der Waals surface area contributed by atoms with E-state index in [-0.39, 0.29) is 23.3 Å². The van der Waals surface area contributed by atoms with Crippen LogP contribution in [0.3, 0.4) is 0 Å². The van der Waals surface area contributed by atoms with Gasteiger partial charge in [0, 0.05) is 37.4 Å². The molecule has 0 radical (unpaired) electrons. The summed E-state index contributed by atoms with van der Waals surface area (Å²) in [5.41, 5.74) is 1.78. The number of carbonyl (C=O) groups is 2. The number of methoxy groups -OCH3 is 1. The van der Waals surface area contributed by atoms with E-state index in [9.17, 15) is 9.59 Å². The molecule has 3 aromatic rings. The van der Waals surface area contributed by atoms with Gasteiger partial charge in [0.15, 0.2) is 5.76 Å². The molecular weight excluding hydrogens is 506 g/mol. The van der Waals surface area contributed by atoms with E-state index in [2.05, 4.69) is 27.2 Å². The van der Waals surface area contributed by atoms with Gasteiger partial charge in [-0.05, 0) is 69.3 Å². The van der Waals surface area contributed by atoms with Crippen molar-refractivity contribution in [1.82, 2.24) is 25.0 Å². The number of carbonyl (C=O) groups excluding carboxylic acids is 2. The number of aryl methyl sites for hydroxylation is 1. The SMILES string of the molecule is CCC(=O)CCCCC[C@H](NC(=O)[C@H]1CC12CCN(CC)CC2)c1ncc(-c2cc3nn(C)cc3cc2OC)o1. The monoisotopic (exact) mass is 549 g/mol. The van der Waals surface area contributed by atoms with Crippen LogP contribution in [-0.4, -0.2) is 58.1 Å². The van der Waals surface area contributed by atoms with Crippen LogP contribution in [0.5, 0.6) is 5.75 Å². The Hall–Kier alpha value is -3.20. The molecule has 1 aliphatic carbocycles. The highest BCUT2D eigenvalue weighted by atomic mass is 16.5. The molecule has 9 heteroatoms. The molecule has 9 nitrogen and oxygen atoms in total. The second-order valence-electron chi connectivity index (χ2n) is 11.6. The Bertz CT molecular complexity index is 1340. The molecule has 0 bridgehead atoms. The molecule has 2 aliphatic rings. The van der Waals surface area contributed by atoms with Crippen molar-refractivity contribution >= 4 is 22.6 Å². The molecule has 2 fully saturated rings. The third-order valence-corrected chi connectivity index (χ3v) is 8.99. The van der Waals surface area contributed by atoms with Crippen molar-refractivity contribution in [2.24, 2.45) is 18.4 Å². The number of piperidine rings is 1. The van der Waals surface area contributed by atoms with Gasteiger partial charge in [-0.15, -0.1) is 0 Å². The Morgan fingerprint density at radius 1 is 1.20 bits per heavy atom. The van der Waals surface area contributed by atoms with Gasteiger partial charge in [0.1, 0.15) is 17.6 Å². The number of rotatable bonds is 13. The van der Waals surface area contributed by atoms with E-state index < -0.39 is 0 Å². The summed E-state index contributed by atoms with van der Waals surface area (Å²) in [6.45, 7) is 7.33. The first-order valence-corrected chi connectivity index (χ1v) is 14.9. The molecule has 1 amide bonds. The summed E-state index contributed by atoms with van der Waals surface area (Å²) >= 11 is 0. The Balaban J connectivity index is 1.31. The molecule has 2 atom stereocenters. The highest BCUT2D eigenvalue weighted by Crippen LogP contribution is 2.59. The van der Waals surface area contributed by atoms with Gasteiger partial charge in [0.05, 0.1) is 24.4 Å². The van der Waals surface area contributed by atoms with E-state index in [1.54, 1.807) is 18.0 Å². The Morgan fingerprint density at radius 3 is 2.73 bits per heavy atom. The average Bonchev–Trinajstić information content (AvgIpc) is 3.26. The van der Waals surface area contributed by atoms with Crippen LogP contribution in [0, 0.1) is 11.3 Å². The normalized spacial score (nSPS) is 19.1. The number of nitrogens with one attached hydrogen (secondary N) is 1. The maximum absolute atomic E-state index is 13.5. The number of ketones is 1. The Labute approximate surface area is 236 Å². The lowest BCUT2D eigenvalue weighted by atomic mass is 9.90. The van der Waals surface area contributed by atoms with Gasteiger partial charge in [-0.1, -0.05) is 26.7 Å². The molecule has 1 spiro atoms. The van der Waals surface area contributed by atoms with Gasteiger partial charge in [0.2, 0.25) is 11.8 Å². The van der Waals surface area contributed by atoms with Gasteiger partial charge in [-0.2, -0.15) is 5.10 Å². The van der Waals surface area contributed by atoms with E-state index in [4.69, 9.17) is 9.15 Å². The predicted octanol–water partition coefficient (Wildman–Crippen LogP) is 5.45. The van der Waals surface area contributed by atoms with E-state index in [1.165, 1.54) is 0 Å². The summed E-state index contributed by atoms with van der Waals surface area (Å²) in [4.78, 5) is 32.3. The standard InChI is InChI=1S/C31H43N5O4/c1-5-22(37)10-8-7-9-11-25(33-29(38)24-18-31(24)12-14-36(6-2)15-13-31)30-32-19-28(40-30)23-17-26-21(16-27(23)39-4)20-35(3)34-26/h16-17,19-20,24-25H,5-15,18H2,1-4H3,(H,33,38)/t24-,25+/m1/s1. The third kappa shape index (κ3) is 6.09. The maximum atomic E-state index is 13.5. The molecule has 216 valence electrons. The second-order valence-corrected chi connectivity index (χ2v) is 11.6. The summed E-state index contributed by atoms with van der Waals surface area (Å²) in [6, 6.07) is 3.58. The Kier molecular flexibility index (Phi) is 8.59. The molecule has 1 aromatic carbocycles. The number of hydrogen-bond donors (Lipinski definition) is 1. The largest absolute Gasteiger partial charge is 0.496 e. The number of likely N-dealkylation sites (tertiary alicyclic amines) is 1. The topological polar surface area (TPSA) is 102 Å². The average molecular weight is 550 g/mol. The molecular formula is C31H43N5O4. The van der Waals surface area contributed by atoms with Crippen molar-refractivity contribution in [2.45, 2.75) is 77.7 Å². The number of ether oxygens (including phenoxy) is 1. The van der Waals surface area contributed by atoms with Gasteiger partial charge in [-0.3, -0.25) is 14.3 Å². The zero-order chi connectivity index (χ0) is 28.3. The number of amides is 1. The first kappa shape index (κ1) is 28.3. The lowest BCUT2D eigenvalue weighted by molar-refractivity contribution is -0.124. The number of unbranched alkanes of at least 4 members (excludes halogenated alkanes) is 2. The number of hydrogen-bond acceptors (Lipinski definition) is 7. The number of benzene rings is 1. The van der Waals surface area contributed by atoms with Crippen molar-refractivity contribution in [1.29, 1.82) is 0 Å². The lowest BCUT2D eigenvalue weighted by Crippen LogP contribution is -2.37. The number of oxazole rings is 1. The minimum atomic E-state index is -0.318. The van der Waals surface area contributed by atoms with Gasteiger partial charge >= 0.3 is 0 Å². The minimum absolute atomic E-state index is 0.0669. The molecule has 3 heterocycles. The summed E-state index contributed by atoms with van der Waals surface area (Å²) < 4.78 is 13.7. The number of nitrogens with zero attached hydrogens (tertiary/aromatic N) is 4. The number of aromatic nitrogens is 3. The van der Waals surface area contributed by atoms with Crippen LogP contribution in [0.25, 0.3) is 22.2 Å². The summed E-state index contributed by atoms with van der Waals surface area (Å²) in [5.74, 6) is 2.26. The molecule has 0 unspecified atom stereocenters. The van der Waals surface area contributed by atoms with Crippen molar-refractivity contribution in [3.63, 3.8) is 0 Å². The van der Waals surface area contributed by atoms with Gasteiger partial charge < -0.3 is 19.4 Å². The van der Waals surface area contributed by atoms with E-state index in [0.29, 0.717) is 42.4 Å². The van der Waals surface area contributed by atoms with Crippen LogP contribution in [0.4, 0.5) is 0 Å². The second kappa shape index (κ2) is 12.1. The fourth-order valence-electron chi connectivity index (χ4n) is 6.25. The number of Topliss-reactive ketones (excluding diaryl/α,β-unsaturated/α-hetero) is 1. The highest BCUT2D eigenvalue weighted by Gasteiger charge is 2.58. The van der Waals surface area contributed by atoms with Crippen molar-refractivity contribution in [3.05, 3.63) is 30.4 Å². The minimum Gasteiger partial charge on any atom is -0.496 e. The molecule has 1 saturated heterocycles. The highest BCUT2D eigenvalue weighted by molar-refractivity contribution is 5.87. The van der Waals surface area contributed by atoms with Crippen molar-refractivity contribution in [3.8, 4) is 17.1 Å². The van der Waals surface area contributed by atoms with Crippen LogP contribution >= 0.6 is 0 Å². The molecule has 1 saturated carbocycles. The van der Waals surface area contributed by atoms with E-state index in [1.807, 2.05) is 32.3 Å². The summed E-state index contributed by atoms with van der Waals surface area (Å²) in [5, 5.41) is 8.82. The van der Waals surface area contributed by atoms with Crippen LogP contribution in [0.2, 0.25) is 0 Å².